The van der Waals surface area contributed by atoms with Gasteiger partial charge in [0, 0.05) is 18.7 Å². The smallest absolute Gasteiger partial charge is 0.236 e. The van der Waals surface area contributed by atoms with Crippen LogP contribution < -0.4 is 16.0 Å². The summed E-state index contributed by atoms with van der Waals surface area (Å²) in [5.41, 5.74) is 6.37. The van der Waals surface area contributed by atoms with Gasteiger partial charge in [0.15, 0.2) is 0 Å². The molecular weight excluding hydrogens is 254 g/mol. The molecule has 1 aromatic rings. The van der Waals surface area contributed by atoms with Gasteiger partial charge < -0.3 is 16.0 Å². The van der Waals surface area contributed by atoms with Gasteiger partial charge in [0.25, 0.3) is 0 Å². The first-order valence-corrected chi connectivity index (χ1v) is 7.24. The molecule has 0 saturated heterocycles. The predicted molar refractivity (Wildman–Crippen MR) is 81.9 cm³/mol. The lowest BCUT2D eigenvalue weighted by Crippen LogP contribution is -2.35. The summed E-state index contributed by atoms with van der Waals surface area (Å²) in [6, 6.07) is 0. The van der Waals surface area contributed by atoms with Gasteiger partial charge in [-0.05, 0) is 19.8 Å². The Labute approximate surface area is 120 Å². The number of amides is 1. The van der Waals surface area contributed by atoms with Gasteiger partial charge in [0.05, 0.1) is 6.54 Å². The summed E-state index contributed by atoms with van der Waals surface area (Å²) in [6.07, 6.45) is 4.44. The standard InChI is InChI=1S/C14H25N5O/c1-4-7-11-13(16-8-5-2)17-10-18-14(11)19(6-3)9-12(15)20/h10H,4-9H2,1-3H3,(H2,15,20)(H,16,17,18). The Balaban J connectivity index is 3.11. The molecule has 1 amide bonds. The van der Waals surface area contributed by atoms with Gasteiger partial charge in [-0.2, -0.15) is 0 Å². The van der Waals surface area contributed by atoms with E-state index < -0.39 is 0 Å². The van der Waals surface area contributed by atoms with E-state index >= 15 is 0 Å². The van der Waals surface area contributed by atoms with E-state index in [2.05, 4.69) is 29.1 Å². The normalized spacial score (nSPS) is 10.3. The molecule has 3 N–H and O–H groups in total. The van der Waals surface area contributed by atoms with Crippen molar-refractivity contribution in [3.05, 3.63) is 11.9 Å². The van der Waals surface area contributed by atoms with Gasteiger partial charge in [-0.15, -0.1) is 0 Å². The molecule has 0 aliphatic carbocycles. The fraction of sp³-hybridized carbons (Fsp3) is 0.643. The lowest BCUT2D eigenvalue weighted by atomic mass is 10.1. The van der Waals surface area contributed by atoms with Crippen molar-refractivity contribution in [2.75, 3.05) is 29.9 Å². The van der Waals surface area contributed by atoms with Gasteiger partial charge in [-0.1, -0.05) is 20.3 Å². The molecule has 1 aromatic heterocycles. The van der Waals surface area contributed by atoms with Crippen molar-refractivity contribution in [2.24, 2.45) is 5.73 Å². The summed E-state index contributed by atoms with van der Waals surface area (Å²) in [5.74, 6) is 1.32. The van der Waals surface area contributed by atoms with Gasteiger partial charge >= 0.3 is 0 Å². The molecule has 0 aromatic carbocycles. The largest absolute Gasteiger partial charge is 0.370 e. The molecule has 1 heterocycles. The van der Waals surface area contributed by atoms with Crippen LogP contribution in [0.3, 0.4) is 0 Å². The molecule has 0 bridgehead atoms. The van der Waals surface area contributed by atoms with Crippen LogP contribution >= 0.6 is 0 Å². The predicted octanol–water partition coefficient (Wildman–Crippen LogP) is 1.56. The van der Waals surface area contributed by atoms with E-state index in [4.69, 9.17) is 5.73 Å². The number of nitrogens with two attached hydrogens (primary N) is 1. The lowest BCUT2D eigenvalue weighted by molar-refractivity contribution is -0.116. The molecule has 6 nitrogen and oxygen atoms in total. The van der Waals surface area contributed by atoms with E-state index in [-0.39, 0.29) is 12.5 Å². The second-order valence-corrected chi connectivity index (χ2v) is 4.68. The number of hydrogen-bond acceptors (Lipinski definition) is 5. The van der Waals surface area contributed by atoms with Crippen LogP contribution in [0.5, 0.6) is 0 Å². The minimum absolute atomic E-state index is 0.178. The Kier molecular flexibility index (Phi) is 6.76. The molecule has 0 aliphatic rings. The maximum atomic E-state index is 11.2. The first kappa shape index (κ1) is 16.2. The van der Waals surface area contributed by atoms with Crippen LogP contribution in [0.2, 0.25) is 0 Å². The van der Waals surface area contributed by atoms with E-state index in [1.807, 2.05) is 11.8 Å². The minimum Gasteiger partial charge on any atom is -0.370 e. The average Bonchev–Trinajstić information content (AvgIpc) is 2.43. The van der Waals surface area contributed by atoms with Gasteiger partial charge in [-0.3, -0.25) is 4.79 Å². The number of carbonyl (C=O) groups excluding carboxylic acids is 1. The minimum atomic E-state index is -0.351. The third-order valence-electron chi connectivity index (χ3n) is 2.99. The van der Waals surface area contributed by atoms with Crippen molar-refractivity contribution in [2.45, 2.75) is 40.0 Å². The van der Waals surface area contributed by atoms with Crippen molar-refractivity contribution >= 4 is 17.5 Å². The van der Waals surface area contributed by atoms with Crippen LogP contribution in [-0.2, 0) is 11.2 Å². The van der Waals surface area contributed by atoms with E-state index in [1.54, 1.807) is 0 Å². The number of rotatable bonds is 9. The van der Waals surface area contributed by atoms with Crippen LogP contribution in [0.15, 0.2) is 6.33 Å². The van der Waals surface area contributed by atoms with Crippen LogP contribution in [0.25, 0.3) is 0 Å². The quantitative estimate of drug-likeness (QED) is 0.716. The summed E-state index contributed by atoms with van der Waals surface area (Å²) in [7, 11) is 0. The highest BCUT2D eigenvalue weighted by Crippen LogP contribution is 2.24. The maximum absolute atomic E-state index is 11.2. The Bertz CT molecular complexity index is 436. The number of nitrogens with zero attached hydrogens (tertiary/aromatic N) is 3. The van der Waals surface area contributed by atoms with Gasteiger partial charge in [0.2, 0.25) is 5.91 Å². The average molecular weight is 279 g/mol. The molecule has 0 radical (unpaired) electrons. The molecule has 6 heteroatoms. The number of nitrogens with one attached hydrogen (secondary N) is 1. The zero-order valence-corrected chi connectivity index (χ0v) is 12.6. The highest BCUT2D eigenvalue weighted by Gasteiger charge is 2.16. The Hall–Kier alpha value is -1.85. The number of carbonyl (C=O) groups is 1. The summed E-state index contributed by atoms with van der Waals surface area (Å²) < 4.78 is 0. The van der Waals surface area contributed by atoms with Gasteiger partial charge in [0.1, 0.15) is 18.0 Å². The maximum Gasteiger partial charge on any atom is 0.236 e. The van der Waals surface area contributed by atoms with Crippen LogP contribution in [0.4, 0.5) is 11.6 Å². The number of aromatic nitrogens is 2. The fourth-order valence-electron chi connectivity index (χ4n) is 2.08. The molecule has 112 valence electrons. The Morgan fingerprint density at radius 3 is 2.60 bits per heavy atom. The molecule has 0 saturated carbocycles. The van der Waals surface area contributed by atoms with Crippen molar-refractivity contribution in [3.8, 4) is 0 Å². The van der Waals surface area contributed by atoms with E-state index in [1.165, 1.54) is 6.33 Å². The first-order valence-electron chi connectivity index (χ1n) is 7.24. The second-order valence-electron chi connectivity index (χ2n) is 4.68. The fourth-order valence-corrected chi connectivity index (χ4v) is 2.08. The molecule has 0 spiro atoms. The molecule has 0 aliphatic heterocycles. The molecule has 0 unspecified atom stereocenters. The first-order chi connectivity index (χ1) is 9.63. The lowest BCUT2D eigenvalue weighted by Gasteiger charge is -2.24. The van der Waals surface area contributed by atoms with Crippen molar-refractivity contribution in [3.63, 3.8) is 0 Å². The Morgan fingerprint density at radius 1 is 1.30 bits per heavy atom. The molecule has 0 fully saturated rings. The third-order valence-corrected chi connectivity index (χ3v) is 2.99. The topological polar surface area (TPSA) is 84.1 Å². The van der Waals surface area contributed by atoms with Crippen molar-refractivity contribution in [1.82, 2.24) is 9.97 Å². The zero-order valence-electron chi connectivity index (χ0n) is 12.6. The van der Waals surface area contributed by atoms with Gasteiger partial charge in [-0.25, -0.2) is 9.97 Å². The zero-order chi connectivity index (χ0) is 15.0. The number of primary amides is 1. The number of likely N-dealkylation sites (N-methyl/N-ethyl adjacent to an activating group) is 1. The van der Waals surface area contributed by atoms with Crippen molar-refractivity contribution in [1.29, 1.82) is 0 Å². The van der Waals surface area contributed by atoms with Crippen LogP contribution in [0, 0.1) is 0 Å². The molecule has 0 atom stereocenters. The van der Waals surface area contributed by atoms with E-state index in [0.717, 1.165) is 43.0 Å². The monoisotopic (exact) mass is 279 g/mol. The summed E-state index contributed by atoms with van der Waals surface area (Å²) in [6.45, 7) is 7.95. The number of hydrogen-bond donors (Lipinski definition) is 2. The Morgan fingerprint density at radius 2 is 2.05 bits per heavy atom. The van der Waals surface area contributed by atoms with Crippen molar-refractivity contribution < 1.29 is 4.79 Å². The molecule has 20 heavy (non-hydrogen) atoms. The summed E-state index contributed by atoms with van der Waals surface area (Å²) >= 11 is 0. The summed E-state index contributed by atoms with van der Waals surface area (Å²) in [5, 5.41) is 3.33. The van der Waals surface area contributed by atoms with Crippen LogP contribution in [0.1, 0.15) is 39.2 Å². The highest BCUT2D eigenvalue weighted by molar-refractivity contribution is 5.79. The SMILES string of the molecule is CCCNc1ncnc(N(CC)CC(N)=O)c1CCC. The van der Waals surface area contributed by atoms with E-state index in [9.17, 15) is 4.79 Å². The number of anilines is 2. The molecule has 1 rings (SSSR count). The summed E-state index contributed by atoms with van der Waals surface area (Å²) in [4.78, 5) is 21.8. The second kappa shape index (κ2) is 8.35. The van der Waals surface area contributed by atoms with E-state index in [0.29, 0.717) is 6.54 Å². The highest BCUT2D eigenvalue weighted by atomic mass is 16.1. The van der Waals surface area contributed by atoms with Crippen LogP contribution in [-0.4, -0.2) is 35.5 Å². The molecular formula is C14H25N5O. The third kappa shape index (κ3) is 4.36.